The summed E-state index contributed by atoms with van der Waals surface area (Å²) in [5, 5.41) is 3.17. The second-order valence-electron chi connectivity index (χ2n) is 5.12. The molecule has 0 aliphatic heterocycles. The molecule has 104 valence electrons. The normalized spacial score (nSPS) is 21.1. The summed E-state index contributed by atoms with van der Waals surface area (Å²) >= 11 is 0. The molecule has 0 fully saturated rings. The largest absolute Gasteiger partial charge is 0.310 e. The van der Waals surface area contributed by atoms with Gasteiger partial charge >= 0.3 is 0 Å². The number of hydrogen-bond donors (Lipinski definition) is 1. The highest BCUT2D eigenvalue weighted by Crippen LogP contribution is 2.30. The molecule has 1 aromatic rings. The molecule has 1 aromatic carbocycles. The van der Waals surface area contributed by atoms with Gasteiger partial charge in [-0.1, -0.05) is 30.6 Å². The number of halogens is 2. The fourth-order valence-electron chi connectivity index (χ4n) is 2.75. The number of rotatable bonds is 3. The lowest BCUT2D eigenvalue weighted by Crippen LogP contribution is -2.20. The average molecular weight is 265 g/mol. The summed E-state index contributed by atoms with van der Waals surface area (Å²) in [6.07, 6.45) is 9.12. The van der Waals surface area contributed by atoms with Gasteiger partial charge in [0.05, 0.1) is 6.04 Å². The van der Waals surface area contributed by atoms with Crippen LogP contribution in [0.1, 0.15) is 50.1 Å². The minimum Gasteiger partial charge on any atom is -0.310 e. The molecule has 1 aliphatic rings. The van der Waals surface area contributed by atoms with Crippen molar-refractivity contribution in [3.8, 4) is 0 Å². The number of likely N-dealkylation sites (N-methyl/N-ethyl adjacent to an activating group) is 1. The minimum atomic E-state index is -0.525. The van der Waals surface area contributed by atoms with Gasteiger partial charge in [-0.05, 0) is 38.8 Å². The molecule has 0 radical (unpaired) electrons. The first-order valence-electron chi connectivity index (χ1n) is 7.03. The Morgan fingerprint density at radius 2 is 1.89 bits per heavy atom. The van der Waals surface area contributed by atoms with Crippen molar-refractivity contribution in [2.24, 2.45) is 0 Å². The molecule has 1 unspecified atom stereocenters. The van der Waals surface area contributed by atoms with Gasteiger partial charge < -0.3 is 5.32 Å². The van der Waals surface area contributed by atoms with Gasteiger partial charge in [0.2, 0.25) is 0 Å². The Bertz CT molecular complexity index is 454. The van der Waals surface area contributed by atoms with E-state index in [2.05, 4.69) is 11.4 Å². The monoisotopic (exact) mass is 265 g/mol. The summed E-state index contributed by atoms with van der Waals surface area (Å²) in [6, 6.07) is 3.69. The first kappa shape index (κ1) is 14.2. The van der Waals surface area contributed by atoms with Crippen LogP contribution in [-0.4, -0.2) is 7.05 Å². The second kappa shape index (κ2) is 6.80. The van der Waals surface area contributed by atoms with Crippen LogP contribution in [0.3, 0.4) is 0 Å². The standard InChI is InChI=1S/C16H21F2N/c1-19-16(12-7-5-3-2-4-6-8-12)14-10-9-13(17)11-15(14)18/h7,9-11,16,19H,2-6,8H2,1H3/b12-7+. The molecule has 0 heterocycles. The molecule has 0 spiro atoms. The van der Waals surface area contributed by atoms with Crippen LogP contribution in [0.4, 0.5) is 8.78 Å². The summed E-state index contributed by atoms with van der Waals surface area (Å²) in [4.78, 5) is 0. The summed E-state index contributed by atoms with van der Waals surface area (Å²) in [6.45, 7) is 0. The first-order chi connectivity index (χ1) is 9.22. The van der Waals surface area contributed by atoms with Crippen molar-refractivity contribution in [2.45, 2.75) is 44.6 Å². The second-order valence-corrected chi connectivity index (χ2v) is 5.12. The Morgan fingerprint density at radius 3 is 2.63 bits per heavy atom. The molecule has 3 heteroatoms. The number of nitrogens with one attached hydrogen (secondary N) is 1. The highest BCUT2D eigenvalue weighted by atomic mass is 19.1. The molecule has 1 atom stereocenters. The smallest absolute Gasteiger partial charge is 0.131 e. The summed E-state index contributed by atoms with van der Waals surface area (Å²) in [7, 11) is 1.83. The van der Waals surface area contributed by atoms with E-state index in [-0.39, 0.29) is 6.04 Å². The van der Waals surface area contributed by atoms with Crippen LogP contribution in [0.5, 0.6) is 0 Å². The molecule has 19 heavy (non-hydrogen) atoms. The van der Waals surface area contributed by atoms with Gasteiger partial charge in [-0.3, -0.25) is 0 Å². The van der Waals surface area contributed by atoms with E-state index in [1.807, 2.05) is 7.05 Å². The molecule has 0 bridgehead atoms. The van der Waals surface area contributed by atoms with Gasteiger partial charge in [-0.2, -0.15) is 0 Å². The summed E-state index contributed by atoms with van der Waals surface area (Å²) in [5.74, 6) is -0.995. The molecular formula is C16H21F2N. The van der Waals surface area contributed by atoms with Crippen LogP contribution in [0.25, 0.3) is 0 Å². The maximum absolute atomic E-state index is 13.9. The van der Waals surface area contributed by atoms with Crippen molar-refractivity contribution in [2.75, 3.05) is 7.05 Å². The summed E-state index contributed by atoms with van der Waals surface area (Å²) < 4.78 is 26.9. The minimum absolute atomic E-state index is 0.140. The van der Waals surface area contributed by atoms with Crippen LogP contribution in [0.2, 0.25) is 0 Å². The van der Waals surface area contributed by atoms with Crippen LogP contribution in [0.15, 0.2) is 29.8 Å². The molecule has 0 saturated heterocycles. The van der Waals surface area contributed by atoms with Gasteiger partial charge in [-0.15, -0.1) is 0 Å². The third-order valence-corrected chi connectivity index (χ3v) is 3.76. The molecular weight excluding hydrogens is 244 g/mol. The predicted molar refractivity (Wildman–Crippen MR) is 73.9 cm³/mol. The number of benzene rings is 1. The van der Waals surface area contributed by atoms with E-state index < -0.39 is 11.6 Å². The summed E-state index contributed by atoms with van der Waals surface area (Å²) in [5.41, 5.74) is 1.77. The molecule has 0 aromatic heterocycles. The highest BCUT2D eigenvalue weighted by Gasteiger charge is 2.19. The van der Waals surface area contributed by atoms with Gasteiger partial charge in [0.15, 0.2) is 0 Å². The van der Waals surface area contributed by atoms with Crippen molar-refractivity contribution in [1.82, 2.24) is 5.32 Å². The lowest BCUT2D eigenvalue weighted by Gasteiger charge is -2.22. The molecule has 0 saturated carbocycles. The van der Waals surface area contributed by atoms with Crippen LogP contribution in [-0.2, 0) is 0 Å². The quantitative estimate of drug-likeness (QED) is 0.793. The molecule has 1 nitrogen and oxygen atoms in total. The predicted octanol–water partition coefficient (Wildman–Crippen LogP) is 4.51. The lowest BCUT2D eigenvalue weighted by molar-refractivity contribution is 0.530. The Balaban J connectivity index is 2.27. The number of hydrogen-bond acceptors (Lipinski definition) is 1. The van der Waals surface area contributed by atoms with Crippen molar-refractivity contribution in [3.05, 3.63) is 47.0 Å². The van der Waals surface area contributed by atoms with Crippen LogP contribution < -0.4 is 5.32 Å². The average Bonchev–Trinajstić information content (AvgIpc) is 2.34. The zero-order chi connectivity index (χ0) is 13.7. The van der Waals surface area contributed by atoms with Gasteiger partial charge in [0.25, 0.3) is 0 Å². The maximum Gasteiger partial charge on any atom is 0.131 e. The zero-order valence-corrected chi connectivity index (χ0v) is 11.4. The fraction of sp³-hybridized carbons (Fsp3) is 0.500. The van der Waals surface area contributed by atoms with Gasteiger partial charge in [-0.25, -0.2) is 8.78 Å². The van der Waals surface area contributed by atoms with Crippen molar-refractivity contribution in [1.29, 1.82) is 0 Å². The third-order valence-electron chi connectivity index (χ3n) is 3.76. The molecule has 2 rings (SSSR count). The van der Waals surface area contributed by atoms with Gasteiger partial charge in [0.1, 0.15) is 11.6 Å². The van der Waals surface area contributed by atoms with E-state index in [4.69, 9.17) is 0 Å². The molecule has 0 amide bonds. The maximum atomic E-state index is 13.9. The van der Waals surface area contributed by atoms with E-state index in [0.29, 0.717) is 5.56 Å². The van der Waals surface area contributed by atoms with Crippen LogP contribution in [0, 0.1) is 11.6 Å². The lowest BCUT2D eigenvalue weighted by atomic mass is 9.91. The zero-order valence-electron chi connectivity index (χ0n) is 11.4. The van der Waals surface area contributed by atoms with E-state index in [1.54, 1.807) is 6.07 Å². The van der Waals surface area contributed by atoms with E-state index >= 15 is 0 Å². The Morgan fingerprint density at radius 1 is 1.11 bits per heavy atom. The SMILES string of the molecule is CNC(/C1=C/CCCCCC1)c1ccc(F)cc1F. The first-order valence-corrected chi connectivity index (χ1v) is 7.03. The van der Waals surface area contributed by atoms with E-state index in [0.717, 1.165) is 25.3 Å². The third kappa shape index (κ3) is 3.63. The van der Waals surface area contributed by atoms with Crippen molar-refractivity contribution < 1.29 is 8.78 Å². The van der Waals surface area contributed by atoms with Crippen molar-refractivity contribution in [3.63, 3.8) is 0 Å². The number of allylic oxidation sites excluding steroid dienone is 1. The topological polar surface area (TPSA) is 12.0 Å². The molecule has 1 aliphatic carbocycles. The van der Waals surface area contributed by atoms with Crippen molar-refractivity contribution >= 4 is 0 Å². The Kier molecular flexibility index (Phi) is 5.08. The Hall–Kier alpha value is -1.22. The van der Waals surface area contributed by atoms with Gasteiger partial charge in [0, 0.05) is 11.6 Å². The Labute approximate surface area is 113 Å². The van der Waals surface area contributed by atoms with E-state index in [9.17, 15) is 8.78 Å². The highest BCUT2D eigenvalue weighted by molar-refractivity contribution is 5.30. The van der Waals surface area contributed by atoms with E-state index in [1.165, 1.54) is 30.9 Å². The van der Waals surface area contributed by atoms with Crippen LogP contribution >= 0.6 is 0 Å². The fourth-order valence-corrected chi connectivity index (χ4v) is 2.75. The molecule has 1 N–H and O–H groups in total.